The summed E-state index contributed by atoms with van der Waals surface area (Å²) in [6, 6.07) is 19.8. The molecule has 0 saturated carbocycles. The van der Waals surface area contributed by atoms with Crippen LogP contribution >= 0.6 is 0 Å². The van der Waals surface area contributed by atoms with Crippen molar-refractivity contribution in [3.8, 4) is 17.2 Å². The van der Waals surface area contributed by atoms with Gasteiger partial charge in [-0.3, -0.25) is 9.59 Å². The van der Waals surface area contributed by atoms with Crippen LogP contribution in [-0.2, 0) is 6.54 Å². The SMILES string of the molecule is CCN1C(=O)c2ccccc2Oc2ccc(C(=O)NCc3cccc(OC)c3)cc21. The first-order valence-electron chi connectivity index (χ1n) is 9.74. The molecule has 1 N–H and O–H groups in total. The fourth-order valence-corrected chi connectivity index (χ4v) is 3.44. The maximum absolute atomic E-state index is 13.0. The molecule has 6 heteroatoms. The fraction of sp³-hybridized carbons (Fsp3) is 0.167. The van der Waals surface area contributed by atoms with E-state index in [-0.39, 0.29) is 11.8 Å². The van der Waals surface area contributed by atoms with Gasteiger partial charge in [0.05, 0.1) is 18.4 Å². The molecule has 0 unspecified atom stereocenters. The molecule has 0 saturated heterocycles. The summed E-state index contributed by atoms with van der Waals surface area (Å²) in [7, 11) is 1.61. The van der Waals surface area contributed by atoms with Crippen LogP contribution in [-0.4, -0.2) is 25.5 Å². The minimum Gasteiger partial charge on any atom is -0.497 e. The van der Waals surface area contributed by atoms with Gasteiger partial charge in [0.15, 0.2) is 5.75 Å². The largest absolute Gasteiger partial charge is 0.497 e. The zero-order valence-corrected chi connectivity index (χ0v) is 16.8. The van der Waals surface area contributed by atoms with Gasteiger partial charge in [-0.05, 0) is 55.0 Å². The minimum absolute atomic E-state index is 0.152. The van der Waals surface area contributed by atoms with Gasteiger partial charge in [0.1, 0.15) is 11.5 Å². The predicted octanol–water partition coefficient (Wildman–Crippen LogP) is 4.40. The number of ether oxygens (including phenoxy) is 2. The van der Waals surface area contributed by atoms with Crippen molar-refractivity contribution in [1.82, 2.24) is 5.32 Å². The number of carbonyl (C=O) groups excluding carboxylic acids is 2. The van der Waals surface area contributed by atoms with Crippen LogP contribution in [0.1, 0.15) is 33.2 Å². The lowest BCUT2D eigenvalue weighted by Crippen LogP contribution is -2.30. The van der Waals surface area contributed by atoms with E-state index in [0.29, 0.717) is 41.4 Å². The van der Waals surface area contributed by atoms with E-state index < -0.39 is 0 Å². The van der Waals surface area contributed by atoms with Gasteiger partial charge in [0.2, 0.25) is 0 Å². The van der Waals surface area contributed by atoms with E-state index in [1.807, 2.05) is 37.3 Å². The van der Waals surface area contributed by atoms with Gasteiger partial charge < -0.3 is 19.7 Å². The van der Waals surface area contributed by atoms with Crippen molar-refractivity contribution in [1.29, 1.82) is 0 Å². The van der Waals surface area contributed by atoms with Crippen LogP contribution in [0.2, 0.25) is 0 Å². The molecule has 0 radical (unpaired) electrons. The van der Waals surface area contributed by atoms with Crippen LogP contribution in [0.5, 0.6) is 17.2 Å². The van der Waals surface area contributed by atoms with Gasteiger partial charge in [-0.15, -0.1) is 0 Å². The molecule has 1 aliphatic rings. The molecular formula is C24H22N2O4. The van der Waals surface area contributed by atoms with Crippen molar-refractivity contribution in [2.75, 3.05) is 18.6 Å². The van der Waals surface area contributed by atoms with Crippen molar-refractivity contribution < 1.29 is 19.1 Å². The van der Waals surface area contributed by atoms with Crippen LogP contribution < -0.4 is 19.7 Å². The summed E-state index contributed by atoms with van der Waals surface area (Å²) in [5.74, 6) is 1.40. The zero-order valence-electron chi connectivity index (χ0n) is 16.8. The quantitative estimate of drug-likeness (QED) is 0.687. The number of fused-ring (bicyclic) bond motifs is 2. The normalized spacial score (nSPS) is 12.3. The maximum atomic E-state index is 13.0. The third-order valence-electron chi connectivity index (χ3n) is 5.00. The van der Waals surface area contributed by atoms with Gasteiger partial charge in [-0.2, -0.15) is 0 Å². The number of nitrogens with one attached hydrogen (secondary N) is 1. The van der Waals surface area contributed by atoms with Crippen molar-refractivity contribution in [3.05, 3.63) is 83.4 Å². The Morgan fingerprint density at radius 1 is 1.03 bits per heavy atom. The van der Waals surface area contributed by atoms with Crippen LogP contribution in [0.25, 0.3) is 0 Å². The molecule has 152 valence electrons. The molecule has 2 amide bonds. The molecule has 3 aromatic carbocycles. The van der Waals surface area contributed by atoms with E-state index in [1.54, 1.807) is 48.4 Å². The van der Waals surface area contributed by atoms with Gasteiger partial charge in [0, 0.05) is 18.7 Å². The lowest BCUT2D eigenvalue weighted by Gasteiger charge is -2.20. The van der Waals surface area contributed by atoms with Crippen LogP contribution in [0.15, 0.2) is 66.7 Å². The molecule has 0 aromatic heterocycles. The Morgan fingerprint density at radius 3 is 2.67 bits per heavy atom. The number of carbonyl (C=O) groups is 2. The van der Waals surface area contributed by atoms with E-state index in [0.717, 1.165) is 11.3 Å². The third kappa shape index (κ3) is 3.72. The molecule has 0 spiro atoms. The number of methoxy groups -OCH3 is 1. The maximum Gasteiger partial charge on any atom is 0.262 e. The Balaban J connectivity index is 1.59. The van der Waals surface area contributed by atoms with Gasteiger partial charge >= 0.3 is 0 Å². The van der Waals surface area contributed by atoms with Crippen LogP contribution in [0.3, 0.4) is 0 Å². The van der Waals surface area contributed by atoms with Crippen molar-refractivity contribution in [3.63, 3.8) is 0 Å². The fourth-order valence-electron chi connectivity index (χ4n) is 3.44. The summed E-state index contributed by atoms with van der Waals surface area (Å²) in [5, 5.41) is 2.91. The number of anilines is 1. The van der Waals surface area contributed by atoms with Gasteiger partial charge in [-0.1, -0.05) is 24.3 Å². The number of benzene rings is 3. The number of hydrogen-bond donors (Lipinski definition) is 1. The van der Waals surface area contributed by atoms with Crippen molar-refractivity contribution >= 4 is 17.5 Å². The second-order valence-corrected chi connectivity index (χ2v) is 6.86. The molecule has 0 aliphatic carbocycles. The van der Waals surface area contributed by atoms with Gasteiger partial charge in [-0.25, -0.2) is 0 Å². The number of para-hydroxylation sites is 1. The summed E-state index contributed by atoms with van der Waals surface area (Å²) in [6.07, 6.45) is 0. The number of rotatable bonds is 5. The smallest absolute Gasteiger partial charge is 0.262 e. The highest BCUT2D eigenvalue weighted by atomic mass is 16.5. The summed E-state index contributed by atoms with van der Waals surface area (Å²) < 4.78 is 11.2. The molecule has 30 heavy (non-hydrogen) atoms. The third-order valence-corrected chi connectivity index (χ3v) is 5.00. The highest BCUT2D eigenvalue weighted by molar-refractivity contribution is 6.10. The topological polar surface area (TPSA) is 67.9 Å². The molecule has 3 aromatic rings. The van der Waals surface area contributed by atoms with E-state index in [2.05, 4.69) is 5.32 Å². The average Bonchev–Trinajstić information content (AvgIpc) is 2.90. The summed E-state index contributed by atoms with van der Waals surface area (Å²) >= 11 is 0. The Labute approximate surface area is 175 Å². The monoisotopic (exact) mass is 402 g/mol. The standard InChI is InChI=1S/C24H22N2O4/c1-3-26-20-14-17(23(27)25-15-16-7-6-8-18(13-16)29-2)11-12-22(20)30-21-10-5-4-9-19(21)24(26)28/h4-14H,3,15H2,1-2H3,(H,25,27). The molecule has 0 fully saturated rings. The van der Waals surface area contributed by atoms with Crippen LogP contribution in [0, 0.1) is 0 Å². The Morgan fingerprint density at radius 2 is 1.87 bits per heavy atom. The second-order valence-electron chi connectivity index (χ2n) is 6.86. The first kappa shape index (κ1) is 19.5. The van der Waals surface area contributed by atoms with E-state index in [4.69, 9.17) is 9.47 Å². The molecule has 1 aliphatic heterocycles. The molecule has 6 nitrogen and oxygen atoms in total. The molecule has 0 bridgehead atoms. The van der Waals surface area contributed by atoms with Crippen molar-refractivity contribution in [2.45, 2.75) is 13.5 Å². The lowest BCUT2D eigenvalue weighted by atomic mass is 10.1. The first-order chi connectivity index (χ1) is 14.6. The zero-order chi connectivity index (χ0) is 21.1. The summed E-state index contributed by atoms with van der Waals surface area (Å²) in [5.41, 5.74) is 2.46. The lowest BCUT2D eigenvalue weighted by molar-refractivity contribution is 0.0948. The molecule has 1 heterocycles. The molecule has 4 rings (SSSR count). The number of amides is 2. The van der Waals surface area contributed by atoms with E-state index in [1.165, 1.54) is 0 Å². The first-order valence-corrected chi connectivity index (χ1v) is 9.74. The average molecular weight is 402 g/mol. The number of nitrogens with zero attached hydrogens (tertiary/aromatic N) is 1. The summed E-state index contributed by atoms with van der Waals surface area (Å²) in [6.45, 7) is 2.72. The van der Waals surface area contributed by atoms with Crippen molar-refractivity contribution in [2.24, 2.45) is 0 Å². The predicted molar refractivity (Wildman–Crippen MR) is 114 cm³/mol. The number of hydrogen-bond acceptors (Lipinski definition) is 4. The highest BCUT2D eigenvalue weighted by Gasteiger charge is 2.27. The Kier molecular flexibility index (Phi) is 5.39. The summed E-state index contributed by atoms with van der Waals surface area (Å²) in [4.78, 5) is 27.4. The minimum atomic E-state index is -0.231. The highest BCUT2D eigenvalue weighted by Crippen LogP contribution is 2.39. The van der Waals surface area contributed by atoms with Gasteiger partial charge in [0.25, 0.3) is 11.8 Å². The Bertz CT molecular complexity index is 1110. The van der Waals surface area contributed by atoms with Crippen LogP contribution in [0.4, 0.5) is 5.69 Å². The molecule has 0 atom stereocenters. The van der Waals surface area contributed by atoms with E-state index >= 15 is 0 Å². The Hall–Kier alpha value is -3.80. The second kappa shape index (κ2) is 8.29. The molecular weight excluding hydrogens is 380 g/mol. The van der Waals surface area contributed by atoms with E-state index in [9.17, 15) is 9.59 Å².